The van der Waals surface area contributed by atoms with Crippen molar-refractivity contribution in [3.05, 3.63) is 72.1 Å². The second-order valence-corrected chi connectivity index (χ2v) is 9.50. The van der Waals surface area contributed by atoms with Gasteiger partial charge in [0.2, 0.25) is 0 Å². The molecule has 2 N–H and O–H groups in total. The van der Waals surface area contributed by atoms with E-state index in [2.05, 4.69) is 9.97 Å². The Hall–Kier alpha value is -1.94. The van der Waals surface area contributed by atoms with Crippen molar-refractivity contribution in [3.63, 3.8) is 0 Å². The quantitative estimate of drug-likeness (QED) is 0.452. The Morgan fingerprint density at radius 3 is 2.08 bits per heavy atom. The molecule has 124 valence electrons. The van der Waals surface area contributed by atoms with Gasteiger partial charge in [0.15, 0.2) is 11.5 Å². The van der Waals surface area contributed by atoms with E-state index in [1.165, 1.54) is 12.1 Å². The van der Waals surface area contributed by atoms with E-state index in [0.29, 0.717) is 0 Å². The Morgan fingerprint density at radius 1 is 0.800 bits per heavy atom. The van der Waals surface area contributed by atoms with Gasteiger partial charge in [-0.2, -0.15) is 0 Å². The zero-order chi connectivity index (χ0) is 18.1. The van der Waals surface area contributed by atoms with E-state index >= 15 is 0 Å². The fraction of sp³-hybridized carbons (Fsp3) is 0. The average Bonchev–Trinajstić information content (AvgIpc) is 2.64. The number of halogens is 2. The molecule has 0 saturated heterocycles. The van der Waals surface area contributed by atoms with Crippen molar-refractivity contribution in [1.82, 2.24) is 9.97 Å². The summed E-state index contributed by atoms with van der Waals surface area (Å²) in [6.45, 7) is 0. The Kier molecular flexibility index (Phi) is 7.87. The number of phenols is 2. The molecule has 25 heavy (non-hydrogen) atoms. The van der Waals surface area contributed by atoms with Crippen LogP contribution in [0.25, 0.3) is 23.5 Å². The van der Waals surface area contributed by atoms with Crippen molar-refractivity contribution in [2.45, 2.75) is 0 Å². The number of nitrogens with zero attached hydrogens (tertiary/aromatic N) is 2. The number of pyridine rings is 2. The number of hydrogen-bond acceptors (Lipinski definition) is 4. The summed E-state index contributed by atoms with van der Waals surface area (Å²) in [4.78, 5) is 8.65. The number of aromatic nitrogens is 2. The molecule has 0 atom stereocenters. The van der Waals surface area contributed by atoms with Crippen LogP contribution in [-0.4, -0.2) is 20.2 Å². The van der Waals surface area contributed by atoms with Crippen LogP contribution in [0, 0.1) is 0 Å². The molecule has 3 aromatic rings. The SMILES string of the molecule is Oc1ccc(/C=C/c2ccc(-c3ccccn3)nc2)cc1O.[Cl][Zn][Cl]. The molecule has 0 bridgehead atoms. The van der Waals surface area contributed by atoms with Crippen LogP contribution >= 0.6 is 19.4 Å². The van der Waals surface area contributed by atoms with E-state index in [0.717, 1.165) is 22.5 Å². The monoisotopic (exact) mass is 424 g/mol. The van der Waals surface area contributed by atoms with E-state index in [4.69, 9.17) is 19.4 Å². The fourth-order valence-electron chi connectivity index (χ4n) is 2.01. The van der Waals surface area contributed by atoms with Crippen LogP contribution in [-0.2, 0) is 15.1 Å². The van der Waals surface area contributed by atoms with Crippen molar-refractivity contribution < 1.29 is 25.4 Å². The predicted octanol–water partition coefficient (Wildman–Crippen LogP) is 5.10. The molecule has 7 heteroatoms. The zero-order valence-corrected chi connectivity index (χ0v) is 17.7. The summed E-state index contributed by atoms with van der Waals surface area (Å²) in [5.74, 6) is -0.260. The summed E-state index contributed by atoms with van der Waals surface area (Å²) in [6.07, 6.45) is 7.24. The van der Waals surface area contributed by atoms with Gasteiger partial charge in [-0.3, -0.25) is 9.97 Å². The third-order valence-corrected chi connectivity index (χ3v) is 3.18. The van der Waals surface area contributed by atoms with Crippen molar-refractivity contribution in [2.75, 3.05) is 0 Å². The van der Waals surface area contributed by atoms with Gasteiger partial charge in [0.05, 0.1) is 11.4 Å². The van der Waals surface area contributed by atoms with Crippen LogP contribution in [0.3, 0.4) is 0 Å². The number of aromatic hydroxyl groups is 2. The molecule has 0 radical (unpaired) electrons. The van der Waals surface area contributed by atoms with Gasteiger partial charge in [-0.1, -0.05) is 30.4 Å². The van der Waals surface area contributed by atoms with Crippen molar-refractivity contribution in [1.29, 1.82) is 0 Å². The summed E-state index contributed by atoms with van der Waals surface area (Å²) in [5.41, 5.74) is 3.39. The Morgan fingerprint density at radius 2 is 1.48 bits per heavy atom. The zero-order valence-electron chi connectivity index (χ0n) is 13.2. The van der Waals surface area contributed by atoms with Crippen molar-refractivity contribution in [3.8, 4) is 22.9 Å². The molecule has 0 saturated carbocycles. The first-order chi connectivity index (χ1) is 12.1. The molecule has 0 aliphatic carbocycles. The number of hydrogen-bond donors (Lipinski definition) is 2. The first-order valence-electron chi connectivity index (χ1n) is 7.33. The van der Waals surface area contributed by atoms with Crippen LogP contribution < -0.4 is 0 Å². The molecule has 0 amide bonds. The Balaban J connectivity index is 0.000000701. The molecule has 4 nitrogen and oxygen atoms in total. The van der Waals surface area contributed by atoms with Gasteiger partial charge in [0.25, 0.3) is 0 Å². The molecule has 3 rings (SSSR count). The predicted molar refractivity (Wildman–Crippen MR) is 97.9 cm³/mol. The summed E-state index contributed by atoms with van der Waals surface area (Å²) < 4.78 is 0. The van der Waals surface area contributed by atoms with Gasteiger partial charge >= 0.3 is 34.5 Å². The average molecular weight is 427 g/mol. The minimum absolute atomic E-state index is 0.126. The van der Waals surface area contributed by atoms with E-state index in [1.54, 1.807) is 18.5 Å². The van der Waals surface area contributed by atoms with Crippen LogP contribution in [0.5, 0.6) is 11.5 Å². The molecular weight excluding hydrogens is 413 g/mol. The normalized spacial score (nSPS) is 10.0. The van der Waals surface area contributed by atoms with Crippen LogP contribution in [0.2, 0.25) is 0 Å². The van der Waals surface area contributed by atoms with Crippen LogP contribution in [0.15, 0.2) is 60.9 Å². The molecule has 1 aromatic carbocycles. The molecule has 0 aliphatic heterocycles. The first-order valence-corrected chi connectivity index (χ1v) is 15.1. The van der Waals surface area contributed by atoms with Gasteiger partial charge in [0.1, 0.15) is 0 Å². The molecule has 2 heterocycles. The second kappa shape index (κ2) is 10.1. The molecule has 2 aromatic heterocycles. The number of benzene rings is 1. The summed E-state index contributed by atoms with van der Waals surface area (Å²) in [6, 6.07) is 14.3. The van der Waals surface area contributed by atoms with E-state index in [1.807, 2.05) is 42.5 Å². The third-order valence-electron chi connectivity index (χ3n) is 3.18. The van der Waals surface area contributed by atoms with E-state index in [9.17, 15) is 10.2 Å². The van der Waals surface area contributed by atoms with E-state index in [-0.39, 0.29) is 11.5 Å². The van der Waals surface area contributed by atoms with Gasteiger partial charge < -0.3 is 10.2 Å². The van der Waals surface area contributed by atoms with Gasteiger partial charge in [-0.15, -0.1) is 0 Å². The van der Waals surface area contributed by atoms with Crippen LogP contribution in [0.4, 0.5) is 0 Å². The number of phenolic OH excluding ortho intramolecular Hbond substituents is 2. The van der Waals surface area contributed by atoms with Crippen molar-refractivity contribution >= 4 is 31.5 Å². The maximum atomic E-state index is 9.46. The third kappa shape index (κ3) is 6.13. The second-order valence-electron chi connectivity index (χ2n) is 4.87. The van der Waals surface area contributed by atoms with Gasteiger partial charge in [0, 0.05) is 12.4 Å². The summed E-state index contributed by atoms with van der Waals surface area (Å²) in [5, 5.41) is 18.7. The Bertz CT molecular complexity index is 828. The summed E-state index contributed by atoms with van der Waals surface area (Å²) in [7, 11) is 9.90. The Labute approximate surface area is 161 Å². The summed E-state index contributed by atoms with van der Waals surface area (Å²) >= 11 is -0.931. The van der Waals surface area contributed by atoms with Gasteiger partial charge in [-0.05, 0) is 41.5 Å². The minimum atomic E-state index is -0.931. The standard InChI is InChI=1S/C18H14N2O2.2ClH.Zn/c21-17-9-7-13(11-18(17)22)4-5-14-6-8-16(20-12-14)15-3-1-2-10-19-15;;;/h1-12,21-22H;2*1H;/q;;;+2/p-2/b5-4+;;;. The molecule has 0 spiro atoms. The molecular formula is C18H14Cl2N2O2Zn. The maximum absolute atomic E-state index is 9.46. The molecule has 0 aliphatic rings. The first kappa shape index (κ1) is 19.4. The van der Waals surface area contributed by atoms with E-state index < -0.39 is 15.1 Å². The molecule has 0 unspecified atom stereocenters. The topological polar surface area (TPSA) is 66.2 Å². The molecule has 0 fully saturated rings. The van der Waals surface area contributed by atoms with Crippen molar-refractivity contribution in [2.24, 2.45) is 0 Å². The number of rotatable bonds is 3. The van der Waals surface area contributed by atoms with Gasteiger partial charge in [-0.25, -0.2) is 0 Å². The fourth-order valence-corrected chi connectivity index (χ4v) is 2.01. The van der Waals surface area contributed by atoms with Crippen LogP contribution in [0.1, 0.15) is 11.1 Å².